The summed E-state index contributed by atoms with van der Waals surface area (Å²) < 4.78 is 6.65. The summed E-state index contributed by atoms with van der Waals surface area (Å²) in [5.74, 6) is 0.591. The topological polar surface area (TPSA) is 52.4 Å². The third-order valence-electron chi connectivity index (χ3n) is 3.19. The zero-order valence-electron chi connectivity index (χ0n) is 10.6. The second-order valence-electron chi connectivity index (χ2n) is 4.53. The summed E-state index contributed by atoms with van der Waals surface area (Å²) in [6.45, 7) is 0. The van der Waals surface area contributed by atoms with E-state index in [0.29, 0.717) is 21.9 Å². The van der Waals surface area contributed by atoms with Crippen molar-refractivity contribution in [2.75, 3.05) is 0 Å². The maximum atomic E-state index is 11.3. The fourth-order valence-corrected chi connectivity index (χ4v) is 2.83. The molecule has 0 saturated carbocycles. The van der Waals surface area contributed by atoms with E-state index in [0.717, 1.165) is 4.47 Å². The molecule has 0 N–H and O–H groups in total. The van der Waals surface area contributed by atoms with Gasteiger partial charge in [0.1, 0.15) is 5.75 Å². The van der Waals surface area contributed by atoms with Gasteiger partial charge in [0.2, 0.25) is 6.10 Å². The molecule has 21 heavy (non-hydrogen) atoms. The zero-order chi connectivity index (χ0) is 15.0. The van der Waals surface area contributed by atoms with Crippen molar-refractivity contribution in [2.45, 2.75) is 6.10 Å². The van der Waals surface area contributed by atoms with Crippen LogP contribution in [0.4, 0.5) is 0 Å². The molecule has 0 fully saturated rings. The molecule has 1 aliphatic heterocycles. The van der Waals surface area contributed by atoms with E-state index in [9.17, 15) is 10.1 Å². The van der Waals surface area contributed by atoms with Gasteiger partial charge in [-0.25, -0.2) is 0 Å². The van der Waals surface area contributed by atoms with Crippen molar-refractivity contribution in [3.8, 4) is 5.75 Å². The first kappa shape index (κ1) is 14.1. The maximum Gasteiger partial charge on any atom is 0.291 e. The fraction of sp³-hybridized carbons (Fsp3) is 0.0667. The Hall–Kier alpha value is -1.85. The van der Waals surface area contributed by atoms with Crippen LogP contribution in [0.3, 0.4) is 0 Å². The molecule has 0 radical (unpaired) electrons. The lowest BCUT2D eigenvalue weighted by Crippen LogP contribution is -2.20. The van der Waals surface area contributed by atoms with Crippen LogP contribution in [0.2, 0.25) is 5.02 Å². The van der Waals surface area contributed by atoms with E-state index in [1.807, 2.05) is 6.07 Å². The highest BCUT2D eigenvalue weighted by atomic mass is 79.9. The monoisotopic (exact) mass is 365 g/mol. The molecule has 6 heteroatoms. The highest BCUT2D eigenvalue weighted by Crippen LogP contribution is 2.40. The lowest BCUT2D eigenvalue weighted by molar-refractivity contribution is -0.434. The van der Waals surface area contributed by atoms with Crippen LogP contribution >= 0.6 is 27.5 Å². The van der Waals surface area contributed by atoms with Crippen molar-refractivity contribution in [3.63, 3.8) is 0 Å². The van der Waals surface area contributed by atoms with E-state index >= 15 is 0 Å². The standard InChI is InChI=1S/C15H9BrClNO3/c16-10-5-6-14-9(7-10)8-13(18(19)20)15(21-14)11-3-1-2-4-12(11)17/h1-8,15H. The minimum Gasteiger partial charge on any atom is -0.474 e. The molecule has 1 aliphatic rings. The van der Waals surface area contributed by atoms with Gasteiger partial charge in [-0.15, -0.1) is 0 Å². The lowest BCUT2D eigenvalue weighted by Gasteiger charge is -2.23. The summed E-state index contributed by atoms with van der Waals surface area (Å²) in [6.07, 6.45) is 0.708. The Kier molecular flexibility index (Phi) is 3.69. The Morgan fingerprint density at radius 2 is 2.00 bits per heavy atom. The van der Waals surface area contributed by atoms with Crippen LogP contribution in [0, 0.1) is 10.1 Å². The molecule has 1 atom stereocenters. The Labute approximate surface area is 134 Å². The molecule has 106 valence electrons. The van der Waals surface area contributed by atoms with Gasteiger partial charge in [-0.1, -0.05) is 45.7 Å². The summed E-state index contributed by atoms with van der Waals surface area (Å²) in [6, 6.07) is 12.4. The number of nitrogens with zero attached hydrogens (tertiary/aromatic N) is 1. The van der Waals surface area contributed by atoms with Crippen LogP contribution in [0.15, 0.2) is 52.6 Å². The average molecular weight is 367 g/mol. The lowest BCUT2D eigenvalue weighted by atomic mass is 10.0. The van der Waals surface area contributed by atoms with E-state index < -0.39 is 11.0 Å². The Morgan fingerprint density at radius 3 is 2.71 bits per heavy atom. The molecule has 0 bridgehead atoms. The van der Waals surface area contributed by atoms with Gasteiger partial charge < -0.3 is 4.74 Å². The number of halogens is 2. The molecule has 1 unspecified atom stereocenters. The Balaban J connectivity index is 2.14. The largest absolute Gasteiger partial charge is 0.474 e. The van der Waals surface area contributed by atoms with Crippen LogP contribution < -0.4 is 4.74 Å². The van der Waals surface area contributed by atoms with Gasteiger partial charge >= 0.3 is 0 Å². The van der Waals surface area contributed by atoms with E-state index in [2.05, 4.69) is 15.9 Å². The first-order valence-corrected chi connectivity index (χ1v) is 7.30. The predicted octanol–water partition coefficient (Wildman–Crippen LogP) is 4.85. The minimum absolute atomic E-state index is 0.0336. The third-order valence-corrected chi connectivity index (χ3v) is 4.02. The maximum absolute atomic E-state index is 11.3. The van der Waals surface area contributed by atoms with E-state index in [1.165, 1.54) is 6.08 Å². The smallest absolute Gasteiger partial charge is 0.291 e. The van der Waals surface area contributed by atoms with Gasteiger partial charge in [-0.3, -0.25) is 10.1 Å². The van der Waals surface area contributed by atoms with Crippen LogP contribution in [-0.2, 0) is 0 Å². The number of hydrogen-bond donors (Lipinski definition) is 0. The highest BCUT2D eigenvalue weighted by Gasteiger charge is 2.34. The number of benzene rings is 2. The van der Waals surface area contributed by atoms with E-state index in [1.54, 1.807) is 36.4 Å². The van der Waals surface area contributed by atoms with Gasteiger partial charge in [0.25, 0.3) is 5.70 Å². The normalized spacial score (nSPS) is 16.7. The van der Waals surface area contributed by atoms with Crippen molar-refractivity contribution >= 4 is 33.6 Å². The molecule has 4 nitrogen and oxygen atoms in total. The quantitative estimate of drug-likeness (QED) is 0.564. The van der Waals surface area contributed by atoms with Gasteiger partial charge in [0.15, 0.2) is 0 Å². The number of rotatable bonds is 2. The molecule has 2 aromatic rings. The zero-order valence-corrected chi connectivity index (χ0v) is 13.0. The predicted molar refractivity (Wildman–Crippen MR) is 83.9 cm³/mol. The van der Waals surface area contributed by atoms with Crippen LogP contribution in [0.1, 0.15) is 17.2 Å². The Bertz CT molecular complexity index is 760. The van der Waals surface area contributed by atoms with Gasteiger partial charge in [0.05, 0.1) is 4.92 Å². The molecule has 0 saturated heterocycles. The first-order valence-electron chi connectivity index (χ1n) is 6.13. The average Bonchev–Trinajstić information content (AvgIpc) is 2.46. The van der Waals surface area contributed by atoms with Crippen molar-refractivity contribution in [2.24, 2.45) is 0 Å². The fourth-order valence-electron chi connectivity index (χ4n) is 2.22. The molecule has 0 aromatic heterocycles. The molecule has 2 aromatic carbocycles. The van der Waals surface area contributed by atoms with Crippen LogP contribution in [-0.4, -0.2) is 4.92 Å². The van der Waals surface area contributed by atoms with Crippen molar-refractivity contribution in [3.05, 3.63) is 78.9 Å². The molecular formula is C15H9BrClNO3. The molecule has 1 heterocycles. The first-order chi connectivity index (χ1) is 10.1. The number of fused-ring (bicyclic) bond motifs is 1. The molecule has 0 aliphatic carbocycles. The van der Waals surface area contributed by atoms with Crippen molar-refractivity contribution in [1.82, 2.24) is 0 Å². The second-order valence-corrected chi connectivity index (χ2v) is 5.85. The molecular weight excluding hydrogens is 358 g/mol. The van der Waals surface area contributed by atoms with E-state index in [4.69, 9.17) is 16.3 Å². The number of hydrogen-bond acceptors (Lipinski definition) is 3. The summed E-state index contributed by atoms with van der Waals surface area (Å²) in [7, 11) is 0. The minimum atomic E-state index is -0.817. The van der Waals surface area contributed by atoms with Crippen LogP contribution in [0.25, 0.3) is 6.08 Å². The Morgan fingerprint density at radius 1 is 1.24 bits per heavy atom. The van der Waals surface area contributed by atoms with E-state index in [-0.39, 0.29) is 5.70 Å². The number of nitro groups is 1. The summed E-state index contributed by atoms with van der Waals surface area (Å²) in [5, 5.41) is 11.8. The van der Waals surface area contributed by atoms with Gasteiger partial charge in [-0.05, 0) is 24.3 Å². The second kappa shape index (κ2) is 5.50. The van der Waals surface area contributed by atoms with Gasteiger partial charge in [0, 0.05) is 26.7 Å². The highest BCUT2D eigenvalue weighted by molar-refractivity contribution is 9.10. The van der Waals surface area contributed by atoms with Crippen LogP contribution in [0.5, 0.6) is 5.75 Å². The summed E-state index contributed by atoms with van der Waals surface area (Å²) in [4.78, 5) is 10.9. The van der Waals surface area contributed by atoms with Crippen molar-refractivity contribution in [1.29, 1.82) is 0 Å². The SMILES string of the molecule is O=[N+]([O-])C1=Cc2cc(Br)ccc2OC1c1ccccc1Cl. The molecule has 0 amide bonds. The number of ether oxygens (including phenoxy) is 1. The molecule has 3 rings (SSSR count). The third kappa shape index (κ3) is 2.66. The summed E-state index contributed by atoms with van der Waals surface area (Å²) >= 11 is 9.49. The summed E-state index contributed by atoms with van der Waals surface area (Å²) in [5.41, 5.74) is 1.21. The van der Waals surface area contributed by atoms with Crippen molar-refractivity contribution < 1.29 is 9.66 Å². The van der Waals surface area contributed by atoms with Gasteiger partial charge in [-0.2, -0.15) is 0 Å². The molecule has 0 spiro atoms.